The minimum absolute atomic E-state index is 0.00332. The van der Waals surface area contributed by atoms with E-state index in [2.05, 4.69) is 0 Å². The summed E-state index contributed by atoms with van der Waals surface area (Å²) in [5, 5.41) is 0. The zero-order valence-electron chi connectivity index (χ0n) is 10.0. The van der Waals surface area contributed by atoms with E-state index < -0.39 is 11.6 Å². The molecule has 0 aliphatic carbocycles. The average Bonchev–Trinajstić information content (AvgIpc) is 2.35. The number of nitrogens with two attached hydrogens (primary N) is 1. The van der Waals surface area contributed by atoms with Crippen molar-refractivity contribution in [3.63, 3.8) is 0 Å². The predicted octanol–water partition coefficient (Wildman–Crippen LogP) is 2.61. The van der Waals surface area contributed by atoms with E-state index in [1.807, 2.05) is 4.90 Å². The summed E-state index contributed by atoms with van der Waals surface area (Å²) < 4.78 is 26.8. The number of nitrogens with zero attached hydrogens (tertiary/aromatic N) is 1. The highest BCUT2D eigenvalue weighted by atomic mass is 32.1. The number of likely N-dealkylation sites (tertiary alicyclic amines) is 1. The summed E-state index contributed by atoms with van der Waals surface area (Å²) in [6.07, 6.45) is 3.01. The molecule has 0 radical (unpaired) electrons. The van der Waals surface area contributed by atoms with E-state index >= 15 is 0 Å². The van der Waals surface area contributed by atoms with E-state index in [0.717, 1.165) is 31.9 Å². The summed E-state index contributed by atoms with van der Waals surface area (Å²) in [4.78, 5) is 2.47. The Labute approximate surface area is 111 Å². The van der Waals surface area contributed by atoms with E-state index in [0.29, 0.717) is 17.1 Å². The van der Waals surface area contributed by atoms with Crippen LogP contribution in [-0.4, -0.2) is 22.5 Å². The summed E-state index contributed by atoms with van der Waals surface area (Å²) >= 11 is 5.04. The Balaban J connectivity index is 2.16. The molecule has 1 aromatic carbocycles. The molecule has 1 aliphatic rings. The fraction of sp³-hybridized carbons (Fsp3) is 0.462. The van der Waals surface area contributed by atoms with E-state index in [-0.39, 0.29) is 6.04 Å². The third-order valence-electron chi connectivity index (χ3n) is 3.35. The number of rotatable bonds is 3. The summed E-state index contributed by atoms with van der Waals surface area (Å²) in [5.74, 6) is -1.58. The van der Waals surface area contributed by atoms with Crippen molar-refractivity contribution >= 4 is 17.2 Å². The van der Waals surface area contributed by atoms with Crippen LogP contribution in [0.15, 0.2) is 18.2 Å². The third-order valence-corrected chi connectivity index (χ3v) is 3.62. The maximum atomic E-state index is 13.6. The quantitative estimate of drug-likeness (QED) is 0.856. The molecule has 1 aliphatic heterocycles. The largest absolute Gasteiger partial charge is 0.392 e. The van der Waals surface area contributed by atoms with Crippen molar-refractivity contribution in [1.82, 2.24) is 4.90 Å². The molecule has 2 rings (SSSR count). The topological polar surface area (TPSA) is 29.3 Å². The van der Waals surface area contributed by atoms with E-state index in [1.54, 1.807) is 6.07 Å². The van der Waals surface area contributed by atoms with Gasteiger partial charge in [-0.25, -0.2) is 8.78 Å². The molecule has 5 heteroatoms. The zero-order valence-corrected chi connectivity index (χ0v) is 10.9. The Morgan fingerprint density at radius 2 is 2.17 bits per heavy atom. The lowest BCUT2D eigenvalue weighted by molar-refractivity contribution is 0.182. The number of benzene rings is 1. The molecule has 1 unspecified atom stereocenters. The molecule has 1 fully saturated rings. The van der Waals surface area contributed by atoms with Gasteiger partial charge in [0.2, 0.25) is 0 Å². The van der Waals surface area contributed by atoms with Crippen molar-refractivity contribution in [2.24, 2.45) is 5.73 Å². The maximum Gasteiger partial charge on any atom is 0.163 e. The van der Waals surface area contributed by atoms with E-state index in [1.165, 1.54) is 6.07 Å². The lowest BCUT2D eigenvalue weighted by atomic mass is 10.0. The first-order chi connectivity index (χ1) is 8.59. The molecule has 1 heterocycles. The van der Waals surface area contributed by atoms with E-state index in [9.17, 15) is 8.78 Å². The van der Waals surface area contributed by atoms with Crippen LogP contribution in [0.4, 0.5) is 8.78 Å². The normalized spacial score (nSPS) is 20.9. The summed E-state index contributed by atoms with van der Waals surface area (Å²) in [6.45, 7) is 1.17. The Morgan fingerprint density at radius 3 is 2.89 bits per heavy atom. The van der Waals surface area contributed by atoms with Crippen molar-refractivity contribution in [2.45, 2.75) is 31.8 Å². The van der Waals surface area contributed by atoms with Crippen LogP contribution in [0.2, 0.25) is 0 Å². The number of thiocarbonyl (C=S) groups is 1. The summed E-state index contributed by atoms with van der Waals surface area (Å²) in [7, 11) is 0. The van der Waals surface area contributed by atoms with Crippen LogP contribution in [-0.2, 0) is 6.54 Å². The van der Waals surface area contributed by atoms with Crippen LogP contribution >= 0.6 is 12.2 Å². The van der Waals surface area contributed by atoms with Gasteiger partial charge in [-0.1, -0.05) is 30.8 Å². The lowest BCUT2D eigenvalue weighted by Crippen LogP contribution is -2.46. The monoisotopic (exact) mass is 270 g/mol. The minimum Gasteiger partial charge on any atom is -0.392 e. The third kappa shape index (κ3) is 2.84. The van der Waals surface area contributed by atoms with Crippen LogP contribution < -0.4 is 5.73 Å². The van der Waals surface area contributed by atoms with Gasteiger partial charge in [0, 0.05) is 12.1 Å². The SMILES string of the molecule is NC(=S)C1CCCCN1Cc1cccc(F)c1F. The predicted molar refractivity (Wildman–Crippen MR) is 71.2 cm³/mol. The Morgan fingerprint density at radius 1 is 1.39 bits per heavy atom. The molecule has 1 saturated heterocycles. The number of halogens is 2. The van der Waals surface area contributed by atoms with Crippen molar-refractivity contribution in [2.75, 3.05) is 6.54 Å². The van der Waals surface area contributed by atoms with Gasteiger partial charge in [0.05, 0.1) is 11.0 Å². The standard InChI is InChI=1S/C13H16F2N2S/c14-10-5-3-4-9(12(10)15)8-17-7-2-1-6-11(17)13(16)18/h3-5,11H,1-2,6-8H2,(H2,16,18). The average molecular weight is 270 g/mol. The molecule has 1 aromatic rings. The van der Waals surface area contributed by atoms with Crippen molar-refractivity contribution in [3.8, 4) is 0 Å². The Bertz CT molecular complexity index is 451. The van der Waals surface area contributed by atoms with Gasteiger partial charge in [0.25, 0.3) is 0 Å². The molecule has 98 valence electrons. The van der Waals surface area contributed by atoms with Crippen LogP contribution in [0.5, 0.6) is 0 Å². The molecular weight excluding hydrogens is 254 g/mol. The molecule has 2 N–H and O–H groups in total. The van der Waals surface area contributed by atoms with Crippen LogP contribution in [0, 0.1) is 11.6 Å². The molecule has 18 heavy (non-hydrogen) atoms. The van der Waals surface area contributed by atoms with Gasteiger partial charge < -0.3 is 5.73 Å². The Kier molecular flexibility index (Phi) is 4.24. The maximum absolute atomic E-state index is 13.6. The second-order valence-electron chi connectivity index (χ2n) is 4.60. The summed E-state index contributed by atoms with van der Waals surface area (Å²) in [6, 6.07) is 4.24. The number of piperidine rings is 1. The lowest BCUT2D eigenvalue weighted by Gasteiger charge is -2.35. The molecule has 0 amide bonds. The smallest absolute Gasteiger partial charge is 0.163 e. The van der Waals surface area contributed by atoms with Crippen LogP contribution in [0.3, 0.4) is 0 Å². The molecular formula is C13H16F2N2S. The second kappa shape index (κ2) is 5.71. The molecule has 0 spiro atoms. The fourth-order valence-corrected chi connectivity index (χ4v) is 2.66. The molecule has 0 bridgehead atoms. The van der Waals surface area contributed by atoms with Gasteiger partial charge in [-0.3, -0.25) is 4.90 Å². The highest BCUT2D eigenvalue weighted by Gasteiger charge is 2.25. The number of hydrogen-bond donors (Lipinski definition) is 1. The van der Waals surface area contributed by atoms with Gasteiger partial charge in [-0.15, -0.1) is 0 Å². The first-order valence-corrected chi connectivity index (χ1v) is 6.46. The van der Waals surface area contributed by atoms with Crippen LogP contribution in [0.1, 0.15) is 24.8 Å². The fourth-order valence-electron chi connectivity index (χ4n) is 2.39. The number of hydrogen-bond acceptors (Lipinski definition) is 2. The van der Waals surface area contributed by atoms with Crippen molar-refractivity contribution < 1.29 is 8.78 Å². The van der Waals surface area contributed by atoms with Gasteiger partial charge in [0.15, 0.2) is 11.6 Å². The highest BCUT2D eigenvalue weighted by Crippen LogP contribution is 2.21. The Hall–Kier alpha value is -1.07. The summed E-state index contributed by atoms with van der Waals surface area (Å²) in [5.41, 5.74) is 6.06. The minimum atomic E-state index is -0.809. The first-order valence-electron chi connectivity index (χ1n) is 6.06. The van der Waals surface area contributed by atoms with Gasteiger partial charge in [0.1, 0.15) is 0 Å². The van der Waals surface area contributed by atoms with Crippen molar-refractivity contribution in [1.29, 1.82) is 0 Å². The van der Waals surface area contributed by atoms with Gasteiger partial charge >= 0.3 is 0 Å². The van der Waals surface area contributed by atoms with Gasteiger partial charge in [-0.05, 0) is 25.5 Å². The van der Waals surface area contributed by atoms with Crippen LogP contribution in [0.25, 0.3) is 0 Å². The highest BCUT2D eigenvalue weighted by molar-refractivity contribution is 7.80. The molecule has 2 nitrogen and oxygen atoms in total. The zero-order chi connectivity index (χ0) is 13.1. The first kappa shape index (κ1) is 13.4. The molecule has 0 saturated carbocycles. The second-order valence-corrected chi connectivity index (χ2v) is 5.07. The van der Waals surface area contributed by atoms with Crippen molar-refractivity contribution in [3.05, 3.63) is 35.4 Å². The molecule has 1 atom stereocenters. The molecule has 0 aromatic heterocycles. The van der Waals surface area contributed by atoms with E-state index in [4.69, 9.17) is 18.0 Å². The van der Waals surface area contributed by atoms with Gasteiger partial charge in [-0.2, -0.15) is 0 Å².